The molecule has 0 radical (unpaired) electrons. The topological polar surface area (TPSA) is 51.4 Å². The van der Waals surface area contributed by atoms with E-state index < -0.39 is 8.32 Å². The minimum Gasteiger partial charge on any atom is -0.413 e. The third kappa shape index (κ3) is 4.95. The van der Waals surface area contributed by atoms with Gasteiger partial charge in [0.05, 0.1) is 18.5 Å². The van der Waals surface area contributed by atoms with Crippen molar-refractivity contribution < 1.29 is 4.43 Å². The maximum Gasteiger partial charge on any atom is 0.192 e. The summed E-state index contributed by atoms with van der Waals surface area (Å²) in [5.74, 6) is 1.21. The Hall–Kier alpha value is -1.85. The Labute approximate surface area is 171 Å². The third-order valence-corrected chi connectivity index (χ3v) is 11.0. The molecule has 1 aromatic heterocycles. The molecule has 2 heterocycles. The van der Waals surface area contributed by atoms with Gasteiger partial charge in [-0.05, 0) is 60.2 Å². The highest BCUT2D eigenvalue weighted by molar-refractivity contribution is 6.74. The number of nitrogens with zero attached hydrogens (tertiary/aromatic N) is 2. The number of aromatic nitrogens is 1. The van der Waals surface area contributed by atoms with Gasteiger partial charge in [0, 0.05) is 13.1 Å². The Kier molecular flexibility index (Phi) is 6.15. The Bertz CT molecular complexity index is 758. The highest BCUT2D eigenvalue weighted by Gasteiger charge is 2.37. The molecule has 0 aliphatic carbocycles. The summed E-state index contributed by atoms with van der Waals surface area (Å²) in [6.07, 6.45) is 4.22. The number of nitrogen functional groups attached to an aromatic ring is 1. The molecule has 1 fully saturated rings. The van der Waals surface area contributed by atoms with Crippen molar-refractivity contribution in [3.63, 3.8) is 0 Å². The molecule has 0 spiro atoms. The lowest BCUT2D eigenvalue weighted by Crippen LogP contribution is -2.40. The Morgan fingerprint density at radius 1 is 1.07 bits per heavy atom. The molecule has 3 rings (SSSR count). The predicted octanol–water partition coefficient (Wildman–Crippen LogP) is 5.57. The minimum atomic E-state index is -1.70. The zero-order valence-corrected chi connectivity index (χ0v) is 19.0. The molecule has 0 saturated carbocycles. The van der Waals surface area contributed by atoms with Crippen molar-refractivity contribution >= 4 is 19.8 Å². The van der Waals surface area contributed by atoms with Crippen LogP contribution in [0.25, 0.3) is 0 Å². The van der Waals surface area contributed by atoms with Crippen LogP contribution in [0.3, 0.4) is 0 Å². The number of nitrogens with two attached hydrogens (primary N) is 1. The molecule has 2 aromatic rings. The standard InChI is InChI=1S/C23H35N3OSi/c1-23(2,3)28(4,5)27-17-18-6-8-19(9-7-18)20-12-14-26(15-13-20)21-10-11-22(24)25-16-21/h6-11,16,20H,12-15,17H2,1-5H3,(H2,24,25). The summed E-state index contributed by atoms with van der Waals surface area (Å²) >= 11 is 0. The van der Waals surface area contributed by atoms with E-state index in [1.165, 1.54) is 29.7 Å². The van der Waals surface area contributed by atoms with Crippen LogP contribution in [0.4, 0.5) is 11.5 Å². The summed E-state index contributed by atoms with van der Waals surface area (Å²) in [4.78, 5) is 6.63. The summed E-state index contributed by atoms with van der Waals surface area (Å²) in [6.45, 7) is 14.3. The van der Waals surface area contributed by atoms with Crippen LogP contribution in [0.5, 0.6) is 0 Å². The Morgan fingerprint density at radius 2 is 1.71 bits per heavy atom. The van der Waals surface area contributed by atoms with Gasteiger partial charge >= 0.3 is 0 Å². The van der Waals surface area contributed by atoms with Crippen LogP contribution in [-0.2, 0) is 11.0 Å². The van der Waals surface area contributed by atoms with Gasteiger partial charge in [0.15, 0.2) is 8.32 Å². The fraction of sp³-hybridized carbons (Fsp3) is 0.522. The number of pyridine rings is 1. The molecule has 1 aliphatic heterocycles. The number of piperidine rings is 1. The van der Waals surface area contributed by atoms with Gasteiger partial charge in [-0.2, -0.15) is 0 Å². The van der Waals surface area contributed by atoms with Gasteiger partial charge < -0.3 is 15.1 Å². The van der Waals surface area contributed by atoms with E-state index >= 15 is 0 Å². The second-order valence-corrected chi connectivity index (χ2v) is 14.3. The molecule has 2 N–H and O–H groups in total. The highest BCUT2D eigenvalue weighted by atomic mass is 28.4. The van der Waals surface area contributed by atoms with Crippen LogP contribution in [0, 0.1) is 0 Å². The third-order valence-electron chi connectivity index (χ3n) is 6.49. The number of hydrogen-bond acceptors (Lipinski definition) is 4. The molecule has 1 saturated heterocycles. The zero-order chi connectivity index (χ0) is 20.4. The van der Waals surface area contributed by atoms with Crippen molar-refractivity contribution in [1.82, 2.24) is 4.98 Å². The summed E-state index contributed by atoms with van der Waals surface area (Å²) < 4.78 is 6.35. The largest absolute Gasteiger partial charge is 0.413 e. The summed E-state index contributed by atoms with van der Waals surface area (Å²) in [6, 6.07) is 13.0. The number of benzene rings is 1. The summed E-state index contributed by atoms with van der Waals surface area (Å²) in [5, 5.41) is 0.251. The first kappa shape index (κ1) is 20.9. The van der Waals surface area contributed by atoms with E-state index in [0.29, 0.717) is 11.7 Å². The van der Waals surface area contributed by atoms with Crippen molar-refractivity contribution in [1.29, 1.82) is 0 Å². The van der Waals surface area contributed by atoms with Gasteiger partial charge in [0.2, 0.25) is 0 Å². The Balaban J connectivity index is 1.54. The van der Waals surface area contributed by atoms with Gasteiger partial charge in [-0.25, -0.2) is 4.98 Å². The van der Waals surface area contributed by atoms with Crippen LogP contribution in [-0.4, -0.2) is 26.4 Å². The van der Waals surface area contributed by atoms with Gasteiger partial charge in [-0.3, -0.25) is 0 Å². The van der Waals surface area contributed by atoms with E-state index in [1.807, 2.05) is 12.3 Å². The molecular formula is C23H35N3OSi. The SMILES string of the molecule is CC(C)(C)[Si](C)(C)OCc1ccc(C2CCN(c3ccc(N)nc3)CC2)cc1. The monoisotopic (exact) mass is 397 g/mol. The molecule has 28 heavy (non-hydrogen) atoms. The highest BCUT2D eigenvalue weighted by Crippen LogP contribution is 2.37. The van der Waals surface area contributed by atoms with Crippen molar-refractivity contribution in [3.05, 3.63) is 53.7 Å². The first-order valence-electron chi connectivity index (χ1n) is 10.3. The van der Waals surface area contributed by atoms with Crippen LogP contribution in [0.1, 0.15) is 50.7 Å². The number of hydrogen-bond donors (Lipinski definition) is 1. The average Bonchev–Trinajstić information content (AvgIpc) is 2.67. The number of anilines is 2. The summed E-state index contributed by atoms with van der Waals surface area (Å²) in [7, 11) is -1.70. The number of rotatable bonds is 5. The van der Waals surface area contributed by atoms with E-state index in [4.69, 9.17) is 10.2 Å². The Morgan fingerprint density at radius 3 is 2.25 bits per heavy atom. The quantitative estimate of drug-likeness (QED) is 0.670. The molecule has 0 unspecified atom stereocenters. The first-order chi connectivity index (χ1) is 13.2. The van der Waals surface area contributed by atoms with E-state index in [1.54, 1.807) is 0 Å². The first-order valence-corrected chi connectivity index (χ1v) is 13.3. The van der Waals surface area contributed by atoms with Crippen molar-refractivity contribution in [2.24, 2.45) is 0 Å². The molecule has 0 atom stereocenters. The molecule has 5 heteroatoms. The van der Waals surface area contributed by atoms with Crippen LogP contribution >= 0.6 is 0 Å². The maximum absolute atomic E-state index is 6.35. The summed E-state index contributed by atoms with van der Waals surface area (Å²) in [5.41, 5.74) is 9.60. The average molecular weight is 398 g/mol. The normalized spacial score (nSPS) is 16.4. The predicted molar refractivity (Wildman–Crippen MR) is 121 cm³/mol. The van der Waals surface area contributed by atoms with Crippen LogP contribution in [0.2, 0.25) is 18.1 Å². The lowest BCUT2D eigenvalue weighted by Gasteiger charge is -2.36. The van der Waals surface area contributed by atoms with Gasteiger partial charge in [-0.1, -0.05) is 45.0 Å². The smallest absolute Gasteiger partial charge is 0.192 e. The van der Waals surface area contributed by atoms with Gasteiger partial charge in [-0.15, -0.1) is 0 Å². The molecule has 152 valence electrons. The van der Waals surface area contributed by atoms with Crippen LogP contribution < -0.4 is 10.6 Å². The second-order valence-electron chi connectivity index (χ2n) is 9.49. The van der Waals surface area contributed by atoms with Crippen LogP contribution in [0.15, 0.2) is 42.6 Å². The minimum absolute atomic E-state index is 0.251. The van der Waals surface area contributed by atoms with E-state index in [0.717, 1.165) is 19.7 Å². The van der Waals surface area contributed by atoms with E-state index in [-0.39, 0.29) is 5.04 Å². The molecule has 4 nitrogen and oxygen atoms in total. The second kappa shape index (κ2) is 8.25. The fourth-order valence-electron chi connectivity index (χ4n) is 3.42. The fourth-order valence-corrected chi connectivity index (χ4v) is 4.38. The zero-order valence-electron chi connectivity index (χ0n) is 18.0. The molecule has 0 bridgehead atoms. The maximum atomic E-state index is 6.35. The molecule has 1 aliphatic rings. The van der Waals surface area contributed by atoms with E-state index in [2.05, 4.69) is 74.1 Å². The lowest BCUT2D eigenvalue weighted by atomic mass is 9.89. The van der Waals surface area contributed by atoms with Crippen molar-refractivity contribution in [3.8, 4) is 0 Å². The molecular weight excluding hydrogens is 362 g/mol. The van der Waals surface area contributed by atoms with Crippen molar-refractivity contribution in [2.75, 3.05) is 23.7 Å². The van der Waals surface area contributed by atoms with E-state index in [9.17, 15) is 0 Å². The molecule has 1 aromatic carbocycles. The lowest BCUT2D eigenvalue weighted by molar-refractivity contribution is 0.276. The van der Waals surface area contributed by atoms with Gasteiger partial charge in [0.1, 0.15) is 5.82 Å². The van der Waals surface area contributed by atoms with Crippen molar-refractivity contribution in [2.45, 2.75) is 64.3 Å². The molecule has 0 amide bonds. The van der Waals surface area contributed by atoms with Gasteiger partial charge in [0.25, 0.3) is 0 Å².